The third-order valence-corrected chi connectivity index (χ3v) is 4.34. The van der Waals surface area contributed by atoms with E-state index < -0.39 is 11.9 Å². The molecule has 0 radical (unpaired) electrons. The Hall–Kier alpha value is -3.19. The predicted octanol–water partition coefficient (Wildman–Crippen LogP) is 4.41. The molecule has 3 rings (SSSR count). The van der Waals surface area contributed by atoms with Crippen LogP contribution >= 0.6 is 11.6 Å². The van der Waals surface area contributed by atoms with E-state index in [1.165, 1.54) is 11.7 Å². The Kier molecular flexibility index (Phi) is 5.23. The summed E-state index contributed by atoms with van der Waals surface area (Å²) in [7, 11) is 1.26. The number of azo groups is 1. The van der Waals surface area contributed by atoms with Crippen LogP contribution in [0.3, 0.4) is 0 Å². The topological polar surface area (TPSA) is 93.2 Å². The lowest BCUT2D eigenvalue weighted by Crippen LogP contribution is -2.10. The zero-order valence-corrected chi connectivity index (χ0v) is 15.4. The molecule has 0 aliphatic heterocycles. The molecule has 8 heteroatoms. The van der Waals surface area contributed by atoms with Crippen molar-refractivity contribution in [3.63, 3.8) is 0 Å². The number of benzene rings is 2. The molecule has 1 N–H and O–H groups in total. The van der Waals surface area contributed by atoms with Crippen molar-refractivity contribution in [1.29, 1.82) is 0 Å². The van der Waals surface area contributed by atoms with Crippen molar-refractivity contribution in [3.05, 3.63) is 58.6 Å². The number of carbonyl (C=O) groups is 2. The molecule has 27 heavy (non-hydrogen) atoms. The number of aryl methyl sites for hydroxylation is 1. The van der Waals surface area contributed by atoms with Crippen molar-refractivity contribution in [1.82, 2.24) is 4.57 Å². The molecule has 0 bridgehead atoms. The standard InChI is InChI=1S/C19H16ClN3O4/c1-11-7-8-12(14(20)9-11)18(25)22-21-17-13-5-3-4-6-15(13)23(19(17)26)10-16(24)27-2/h3-9,26H,10H2,1-2H3. The first-order chi connectivity index (χ1) is 12.9. The van der Waals surface area contributed by atoms with Crippen molar-refractivity contribution in [2.45, 2.75) is 13.5 Å². The first-order valence-corrected chi connectivity index (χ1v) is 8.39. The minimum Gasteiger partial charge on any atom is -0.493 e. The highest BCUT2D eigenvalue weighted by Gasteiger charge is 2.19. The molecule has 1 amide bonds. The highest BCUT2D eigenvalue weighted by atomic mass is 35.5. The summed E-state index contributed by atoms with van der Waals surface area (Å²) in [5.74, 6) is -1.45. The zero-order valence-electron chi connectivity index (χ0n) is 14.6. The van der Waals surface area contributed by atoms with Crippen LogP contribution in [0.2, 0.25) is 5.02 Å². The number of fused-ring (bicyclic) bond motifs is 1. The smallest absolute Gasteiger partial charge is 0.325 e. The number of halogens is 1. The van der Waals surface area contributed by atoms with Gasteiger partial charge in [-0.2, -0.15) is 0 Å². The van der Waals surface area contributed by atoms with Crippen molar-refractivity contribution >= 4 is 40.1 Å². The number of nitrogens with zero attached hydrogens (tertiary/aromatic N) is 3. The maximum Gasteiger partial charge on any atom is 0.325 e. The molecular formula is C19H16ClN3O4. The van der Waals surface area contributed by atoms with E-state index in [9.17, 15) is 14.7 Å². The van der Waals surface area contributed by atoms with Crippen LogP contribution < -0.4 is 0 Å². The molecule has 0 fully saturated rings. The summed E-state index contributed by atoms with van der Waals surface area (Å²) >= 11 is 6.08. The number of carbonyl (C=O) groups excluding carboxylic acids is 2. The molecule has 3 aromatic rings. The molecule has 0 unspecified atom stereocenters. The van der Waals surface area contributed by atoms with Gasteiger partial charge in [-0.25, -0.2) is 0 Å². The molecule has 0 atom stereocenters. The van der Waals surface area contributed by atoms with Crippen LogP contribution in [0.5, 0.6) is 5.88 Å². The Morgan fingerprint density at radius 1 is 1.22 bits per heavy atom. The molecule has 1 aromatic heterocycles. The largest absolute Gasteiger partial charge is 0.493 e. The molecule has 138 valence electrons. The lowest BCUT2D eigenvalue weighted by Gasteiger charge is -2.04. The van der Waals surface area contributed by atoms with Gasteiger partial charge in [-0.3, -0.25) is 14.2 Å². The second-order valence-corrected chi connectivity index (χ2v) is 6.25. The van der Waals surface area contributed by atoms with E-state index in [1.54, 1.807) is 42.5 Å². The SMILES string of the molecule is COC(=O)Cn1c(O)c(N=NC(=O)c2ccc(C)cc2Cl)c2ccccc21. The summed E-state index contributed by atoms with van der Waals surface area (Å²) in [6, 6.07) is 11.9. The summed E-state index contributed by atoms with van der Waals surface area (Å²) in [5.41, 5.74) is 1.78. The van der Waals surface area contributed by atoms with Gasteiger partial charge in [0.15, 0.2) is 5.69 Å². The van der Waals surface area contributed by atoms with Gasteiger partial charge in [0.25, 0.3) is 5.91 Å². The Balaban J connectivity index is 2.01. The first kappa shape index (κ1) is 18.6. The van der Waals surface area contributed by atoms with Gasteiger partial charge in [0.2, 0.25) is 5.88 Å². The van der Waals surface area contributed by atoms with Crippen LogP contribution in [0.25, 0.3) is 10.9 Å². The average molecular weight is 386 g/mol. The third kappa shape index (κ3) is 3.68. The number of aromatic hydroxyl groups is 1. The summed E-state index contributed by atoms with van der Waals surface area (Å²) < 4.78 is 6.00. The summed E-state index contributed by atoms with van der Waals surface area (Å²) in [6.45, 7) is 1.66. The second kappa shape index (κ2) is 7.59. The molecular weight excluding hydrogens is 370 g/mol. The monoisotopic (exact) mass is 385 g/mol. The minimum atomic E-state index is -0.635. The van der Waals surface area contributed by atoms with Crippen LogP contribution in [-0.4, -0.2) is 28.7 Å². The Labute approximate surface area is 159 Å². The lowest BCUT2D eigenvalue weighted by molar-refractivity contribution is -0.141. The van der Waals surface area contributed by atoms with Crippen LogP contribution in [0, 0.1) is 6.92 Å². The highest BCUT2D eigenvalue weighted by molar-refractivity contribution is 6.33. The molecule has 0 aliphatic rings. The van der Waals surface area contributed by atoms with Gasteiger partial charge in [-0.15, -0.1) is 10.2 Å². The summed E-state index contributed by atoms with van der Waals surface area (Å²) in [5, 5.41) is 18.9. The fourth-order valence-electron chi connectivity index (χ4n) is 2.67. The minimum absolute atomic E-state index is 0.0890. The van der Waals surface area contributed by atoms with Gasteiger partial charge in [0.05, 0.1) is 23.2 Å². The highest BCUT2D eigenvalue weighted by Crippen LogP contribution is 2.38. The van der Waals surface area contributed by atoms with Crippen LogP contribution in [0.1, 0.15) is 15.9 Å². The zero-order chi connectivity index (χ0) is 19.6. The van der Waals surface area contributed by atoms with E-state index >= 15 is 0 Å². The fourth-order valence-corrected chi connectivity index (χ4v) is 2.98. The number of amides is 1. The number of hydrogen-bond acceptors (Lipinski definition) is 5. The van der Waals surface area contributed by atoms with Crippen molar-refractivity contribution < 1.29 is 19.4 Å². The first-order valence-electron chi connectivity index (χ1n) is 8.01. The van der Waals surface area contributed by atoms with Gasteiger partial charge in [0, 0.05) is 5.39 Å². The fraction of sp³-hybridized carbons (Fsp3) is 0.158. The lowest BCUT2D eigenvalue weighted by atomic mass is 10.1. The van der Waals surface area contributed by atoms with E-state index in [4.69, 9.17) is 11.6 Å². The molecule has 0 saturated carbocycles. The van der Waals surface area contributed by atoms with Crippen LogP contribution in [0.15, 0.2) is 52.7 Å². The number of hydrogen-bond donors (Lipinski definition) is 1. The van der Waals surface area contributed by atoms with E-state index in [2.05, 4.69) is 15.0 Å². The van der Waals surface area contributed by atoms with Gasteiger partial charge in [-0.05, 0) is 30.7 Å². The number of esters is 1. The van der Waals surface area contributed by atoms with E-state index in [0.717, 1.165) is 5.56 Å². The van der Waals surface area contributed by atoms with Crippen molar-refractivity contribution in [2.75, 3.05) is 7.11 Å². The average Bonchev–Trinajstić information content (AvgIpc) is 2.91. The summed E-state index contributed by atoms with van der Waals surface area (Å²) in [6.07, 6.45) is 0. The third-order valence-electron chi connectivity index (χ3n) is 4.03. The molecule has 0 aliphatic carbocycles. The maximum absolute atomic E-state index is 12.3. The normalized spacial score (nSPS) is 11.2. The molecule has 0 spiro atoms. The number of ether oxygens (including phenoxy) is 1. The number of rotatable bonds is 4. The van der Waals surface area contributed by atoms with Crippen molar-refractivity contribution in [3.8, 4) is 5.88 Å². The second-order valence-electron chi connectivity index (χ2n) is 5.84. The van der Waals surface area contributed by atoms with Crippen LogP contribution in [-0.2, 0) is 16.1 Å². The molecule has 0 saturated heterocycles. The number of methoxy groups -OCH3 is 1. The Morgan fingerprint density at radius 3 is 2.67 bits per heavy atom. The van der Waals surface area contributed by atoms with Crippen LogP contribution in [0.4, 0.5) is 5.69 Å². The molecule has 2 aromatic carbocycles. The van der Waals surface area contributed by atoms with Gasteiger partial charge in [-0.1, -0.05) is 35.9 Å². The van der Waals surface area contributed by atoms with Crippen molar-refractivity contribution in [2.24, 2.45) is 10.2 Å². The Bertz CT molecular complexity index is 1070. The van der Waals surface area contributed by atoms with E-state index in [1.807, 2.05) is 6.92 Å². The van der Waals surface area contributed by atoms with Gasteiger partial charge >= 0.3 is 5.97 Å². The molecule has 7 nitrogen and oxygen atoms in total. The van der Waals surface area contributed by atoms with E-state index in [0.29, 0.717) is 10.9 Å². The van der Waals surface area contributed by atoms with Gasteiger partial charge in [0.1, 0.15) is 6.54 Å². The van der Waals surface area contributed by atoms with Gasteiger partial charge < -0.3 is 9.84 Å². The molecule has 1 heterocycles. The number of para-hydroxylation sites is 1. The number of aromatic nitrogens is 1. The quantitative estimate of drug-likeness (QED) is 0.531. The summed E-state index contributed by atoms with van der Waals surface area (Å²) in [4.78, 5) is 23.9. The Morgan fingerprint density at radius 2 is 1.96 bits per heavy atom. The predicted molar refractivity (Wildman–Crippen MR) is 101 cm³/mol. The maximum atomic E-state index is 12.3. The van der Waals surface area contributed by atoms with E-state index in [-0.39, 0.29) is 28.7 Å².